The van der Waals surface area contributed by atoms with Crippen LogP contribution in [0.25, 0.3) is 21.9 Å². The predicted molar refractivity (Wildman–Crippen MR) is 72.1 cm³/mol. The maximum atomic E-state index is 11.6. The molecule has 3 aromatic rings. The van der Waals surface area contributed by atoms with Gasteiger partial charge in [-0.25, -0.2) is 14.8 Å². The standard InChI is InChI=1S/C14H13N3O2/c1-8-4-10-9-5-11(14(18)19-3)15-7-12(9)17(2)13(10)16-6-8/h4-7H,1-3H3. The summed E-state index contributed by atoms with van der Waals surface area (Å²) < 4.78 is 6.67. The highest BCUT2D eigenvalue weighted by atomic mass is 16.5. The van der Waals surface area contributed by atoms with Crippen LogP contribution >= 0.6 is 0 Å². The third-order valence-corrected chi connectivity index (χ3v) is 3.25. The minimum absolute atomic E-state index is 0.309. The zero-order chi connectivity index (χ0) is 13.6. The molecule has 0 saturated heterocycles. The number of pyridine rings is 2. The Kier molecular flexibility index (Phi) is 2.48. The van der Waals surface area contributed by atoms with Gasteiger partial charge >= 0.3 is 5.97 Å². The van der Waals surface area contributed by atoms with Crippen molar-refractivity contribution in [2.45, 2.75) is 6.92 Å². The molecule has 5 heteroatoms. The molecule has 0 amide bonds. The Bertz CT molecular complexity index is 805. The van der Waals surface area contributed by atoms with E-state index in [1.54, 1.807) is 12.3 Å². The first-order valence-corrected chi connectivity index (χ1v) is 5.91. The molecule has 5 nitrogen and oxygen atoms in total. The van der Waals surface area contributed by atoms with E-state index in [-0.39, 0.29) is 0 Å². The minimum Gasteiger partial charge on any atom is -0.464 e. The quantitative estimate of drug-likeness (QED) is 0.626. The molecule has 0 fully saturated rings. The lowest BCUT2D eigenvalue weighted by molar-refractivity contribution is 0.0594. The van der Waals surface area contributed by atoms with Gasteiger partial charge in [0.1, 0.15) is 11.3 Å². The molecular formula is C14H13N3O2. The molecule has 96 valence electrons. The van der Waals surface area contributed by atoms with Gasteiger partial charge < -0.3 is 9.30 Å². The van der Waals surface area contributed by atoms with E-state index in [1.807, 2.05) is 24.7 Å². The summed E-state index contributed by atoms with van der Waals surface area (Å²) in [5, 5.41) is 1.98. The number of fused-ring (bicyclic) bond motifs is 3. The van der Waals surface area contributed by atoms with Crippen molar-refractivity contribution in [2.24, 2.45) is 7.05 Å². The van der Waals surface area contributed by atoms with Gasteiger partial charge in [-0.05, 0) is 24.6 Å². The van der Waals surface area contributed by atoms with Gasteiger partial charge in [0.2, 0.25) is 0 Å². The summed E-state index contributed by atoms with van der Waals surface area (Å²) in [6, 6.07) is 3.82. The van der Waals surface area contributed by atoms with E-state index in [1.165, 1.54) is 7.11 Å². The van der Waals surface area contributed by atoms with Gasteiger partial charge in [0.25, 0.3) is 0 Å². The molecule has 0 atom stereocenters. The molecule has 0 saturated carbocycles. The second-order valence-corrected chi connectivity index (χ2v) is 4.52. The predicted octanol–water partition coefficient (Wildman–Crippen LogP) is 2.22. The molecule has 0 spiro atoms. The van der Waals surface area contributed by atoms with Gasteiger partial charge in [-0.15, -0.1) is 0 Å². The molecule has 19 heavy (non-hydrogen) atoms. The molecule has 0 aliphatic heterocycles. The average Bonchev–Trinajstić information content (AvgIpc) is 2.70. The van der Waals surface area contributed by atoms with E-state index in [0.29, 0.717) is 5.69 Å². The number of nitrogens with zero attached hydrogens (tertiary/aromatic N) is 3. The van der Waals surface area contributed by atoms with Gasteiger partial charge in [0, 0.05) is 24.0 Å². The molecule has 0 aliphatic rings. The molecule has 3 heterocycles. The Hall–Kier alpha value is -2.43. The van der Waals surface area contributed by atoms with E-state index >= 15 is 0 Å². The smallest absolute Gasteiger partial charge is 0.356 e. The highest BCUT2D eigenvalue weighted by Gasteiger charge is 2.14. The number of hydrogen-bond donors (Lipinski definition) is 0. The number of rotatable bonds is 1. The average molecular weight is 255 g/mol. The first kappa shape index (κ1) is 11.6. The SMILES string of the molecule is COC(=O)c1cc2c3cc(C)cnc3n(C)c2cn1. The summed E-state index contributed by atoms with van der Waals surface area (Å²) in [5.74, 6) is -0.431. The molecule has 0 aliphatic carbocycles. The van der Waals surface area contributed by atoms with Gasteiger partial charge in [-0.2, -0.15) is 0 Å². The normalized spacial score (nSPS) is 11.1. The molecule has 3 rings (SSSR count). The van der Waals surface area contributed by atoms with E-state index in [2.05, 4.69) is 16.0 Å². The monoisotopic (exact) mass is 255 g/mol. The van der Waals surface area contributed by atoms with Crippen molar-refractivity contribution in [3.05, 3.63) is 35.8 Å². The van der Waals surface area contributed by atoms with Crippen LogP contribution in [-0.4, -0.2) is 27.6 Å². The molecule has 0 unspecified atom stereocenters. The number of hydrogen-bond acceptors (Lipinski definition) is 4. The Morgan fingerprint density at radius 1 is 1.21 bits per heavy atom. The second kappa shape index (κ2) is 4.05. The van der Waals surface area contributed by atoms with Crippen LogP contribution in [0, 0.1) is 6.92 Å². The van der Waals surface area contributed by atoms with Crippen molar-refractivity contribution >= 4 is 27.9 Å². The number of carbonyl (C=O) groups excluding carboxylic acids is 1. The van der Waals surface area contributed by atoms with Crippen molar-refractivity contribution < 1.29 is 9.53 Å². The summed E-state index contributed by atoms with van der Waals surface area (Å²) in [5.41, 5.74) is 3.21. The van der Waals surface area contributed by atoms with Crippen LogP contribution in [0.2, 0.25) is 0 Å². The molecule has 0 aromatic carbocycles. The lowest BCUT2D eigenvalue weighted by Crippen LogP contribution is -2.03. The highest BCUT2D eigenvalue weighted by molar-refractivity contribution is 6.08. The third-order valence-electron chi connectivity index (χ3n) is 3.25. The van der Waals surface area contributed by atoms with Gasteiger partial charge in [-0.3, -0.25) is 0 Å². The fourth-order valence-electron chi connectivity index (χ4n) is 2.29. The molecule has 0 radical (unpaired) electrons. The molecule has 3 aromatic heterocycles. The fourth-order valence-corrected chi connectivity index (χ4v) is 2.29. The van der Waals surface area contributed by atoms with Gasteiger partial charge in [0.05, 0.1) is 18.8 Å². The van der Waals surface area contributed by atoms with Crippen LogP contribution < -0.4 is 0 Å². The zero-order valence-electron chi connectivity index (χ0n) is 11.0. The molecular weight excluding hydrogens is 242 g/mol. The van der Waals surface area contributed by atoms with Crippen molar-refractivity contribution in [1.82, 2.24) is 14.5 Å². The van der Waals surface area contributed by atoms with Gasteiger partial charge in [0.15, 0.2) is 0 Å². The maximum absolute atomic E-state index is 11.6. The first-order chi connectivity index (χ1) is 9.11. The van der Waals surface area contributed by atoms with Crippen molar-refractivity contribution in [3.8, 4) is 0 Å². The van der Waals surface area contributed by atoms with Crippen molar-refractivity contribution in [1.29, 1.82) is 0 Å². The van der Waals surface area contributed by atoms with Crippen LogP contribution in [0.15, 0.2) is 24.5 Å². The van der Waals surface area contributed by atoms with E-state index in [9.17, 15) is 4.79 Å². The zero-order valence-corrected chi connectivity index (χ0v) is 11.0. The Labute approximate surface area is 109 Å². The number of aromatic nitrogens is 3. The van der Waals surface area contributed by atoms with Crippen molar-refractivity contribution in [2.75, 3.05) is 7.11 Å². The second-order valence-electron chi connectivity index (χ2n) is 4.52. The number of esters is 1. The summed E-state index contributed by atoms with van der Waals surface area (Å²) in [6.45, 7) is 1.99. The third kappa shape index (κ3) is 1.66. The first-order valence-electron chi connectivity index (χ1n) is 5.91. The number of ether oxygens (including phenoxy) is 1. The Morgan fingerprint density at radius 2 is 2.00 bits per heavy atom. The lowest BCUT2D eigenvalue weighted by Gasteiger charge is -1.99. The summed E-state index contributed by atoms with van der Waals surface area (Å²) in [7, 11) is 3.29. The largest absolute Gasteiger partial charge is 0.464 e. The van der Waals surface area contributed by atoms with Crippen LogP contribution in [0.3, 0.4) is 0 Å². The molecule has 0 bridgehead atoms. The minimum atomic E-state index is -0.431. The van der Waals surface area contributed by atoms with Gasteiger partial charge in [-0.1, -0.05) is 0 Å². The summed E-state index contributed by atoms with van der Waals surface area (Å²) in [4.78, 5) is 20.1. The summed E-state index contributed by atoms with van der Waals surface area (Å²) in [6.07, 6.45) is 3.51. The van der Waals surface area contributed by atoms with E-state index in [0.717, 1.165) is 27.5 Å². The van der Waals surface area contributed by atoms with Crippen LogP contribution in [0.4, 0.5) is 0 Å². The Morgan fingerprint density at radius 3 is 2.74 bits per heavy atom. The topological polar surface area (TPSA) is 57.0 Å². The van der Waals surface area contributed by atoms with E-state index in [4.69, 9.17) is 4.74 Å². The highest BCUT2D eigenvalue weighted by Crippen LogP contribution is 2.27. The van der Waals surface area contributed by atoms with Crippen LogP contribution in [0.5, 0.6) is 0 Å². The lowest BCUT2D eigenvalue weighted by atomic mass is 10.2. The number of carbonyl (C=O) groups is 1. The number of aryl methyl sites for hydroxylation is 2. The maximum Gasteiger partial charge on any atom is 0.356 e. The molecule has 0 N–H and O–H groups in total. The number of methoxy groups -OCH3 is 1. The Balaban J connectivity index is 2.41. The van der Waals surface area contributed by atoms with E-state index < -0.39 is 5.97 Å². The van der Waals surface area contributed by atoms with Crippen LogP contribution in [-0.2, 0) is 11.8 Å². The fraction of sp³-hybridized carbons (Fsp3) is 0.214. The summed E-state index contributed by atoms with van der Waals surface area (Å²) >= 11 is 0. The van der Waals surface area contributed by atoms with Crippen molar-refractivity contribution in [3.63, 3.8) is 0 Å². The van der Waals surface area contributed by atoms with Crippen LogP contribution in [0.1, 0.15) is 16.1 Å².